The van der Waals surface area contributed by atoms with Crippen molar-refractivity contribution in [1.82, 2.24) is 10.2 Å². The quantitative estimate of drug-likeness (QED) is 0.248. The van der Waals surface area contributed by atoms with Crippen LogP contribution in [0.25, 0.3) is 0 Å². The minimum Gasteiger partial charge on any atom is -0.379 e. The number of amides is 1. The van der Waals surface area contributed by atoms with E-state index in [9.17, 15) is 9.18 Å². The molecule has 146 valence electrons. The molecule has 1 fully saturated rings. The van der Waals surface area contributed by atoms with E-state index in [4.69, 9.17) is 4.74 Å². The van der Waals surface area contributed by atoms with Crippen LogP contribution >= 0.6 is 24.0 Å². The Bertz CT molecular complexity index is 579. The molecule has 1 aromatic rings. The lowest BCUT2D eigenvalue weighted by atomic mass is 10.3. The number of hydrogen-bond acceptors (Lipinski definition) is 3. The van der Waals surface area contributed by atoms with Gasteiger partial charge < -0.3 is 20.3 Å². The van der Waals surface area contributed by atoms with Gasteiger partial charge in [-0.25, -0.2) is 9.38 Å². The molecule has 0 radical (unpaired) electrons. The van der Waals surface area contributed by atoms with E-state index >= 15 is 0 Å². The molecule has 0 unspecified atom stereocenters. The van der Waals surface area contributed by atoms with E-state index in [1.54, 1.807) is 0 Å². The number of guanidine groups is 1. The number of benzene rings is 1. The predicted octanol–water partition coefficient (Wildman–Crippen LogP) is 2.71. The zero-order valence-corrected chi connectivity index (χ0v) is 17.7. The number of anilines is 1. The third kappa shape index (κ3) is 8.79. The Kier molecular flexibility index (Phi) is 10.5. The van der Waals surface area contributed by atoms with Crippen molar-refractivity contribution in [2.45, 2.75) is 19.8 Å². The maximum Gasteiger partial charge on any atom is 0.246 e. The van der Waals surface area contributed by atoms with Gasteiger partial charge in [0.2, 0.25) is 5.91 Å². The molecule has 1 aliphatic carbocycles. The Morgan fingerprint density at radius 2 is 2.04 bits per heavy atom. The van der Waals surface area contributed by atoms with Gasteiger partial charge in [-0.15, -0.1) is 24.0 Å². The summed E-state index contributed by atoms with van der Waals surface area (Å²) < 4.78 is 18.5. The lowest BCUT2D eigenvalue weighted by molar-refractivity contribution is -0.114. The smallest absolute Gasteiger partial charge is 0.246 e. The van der Waals surface area contributed by atoms with Gasteiger partial charge in [-0.1, -0.05) is 0 Å². The van der Waals surface area contributed by atoms with Crippen LogP contribution in [0, 0.1) is 11.7 Å². The van der Waals surface area contributed by atoms with Crippen LogP contribution in [0.4, 0.5) is 10.1 Å². The second-order valence-electron chi connectivity index (χ2n) is 6.17. The van der Waals surface area contributed by atoms with Gasteiger partial charge in [0.15, 0.2) is 5.96 Å². The fraction of sp³-hybridized carbons (Fsp3) is 0.556. The first-order chi connectivity index (χ1) is 12.1. The Morgan fingerprint density at radius 1 is 1.35 bits per heavy atom. The largest absolute Gasteiger partial charge is 0.379 e. The molecule has 1 amide bonds. The number of nitrogens with one attached hydrogen (secondary N) is 2. The molecule has 0 saturated heterocycles. The van der Waals surface area contributed by atoms with Crippen molar-refractivity contribution in [3.8, 4) is 0 Å². The van der Waals surface area contributed by atoms with Crippen LogP contribution in [0.5, 0.6) is 0 Å². The summed E-state index contributed by atoms with van der Waals surface area (Å²) in [5.41, 5.74) is 0.549. The van der Waals surface area contributed by atoms with Crippen LogP contribution in [0.3, 0.4) is 0 Å². The molecular weight excluding hydrogens is 450 g/mol. The van der Waals surface area contributed by atoms with E-state index in [2.05, 4.69) is 15.6 Å². The summed E-state index contributed by atoms with van der Waals surface area (Å²) in [7, 11) is 1.92. The molecule has 1 aromatic carbocycles. The molecule has 2 N–H and O–H groups in total. The van der Waals surface area contributed by atoms with Crippen molar-refractivity contribution >= 4 is 41.5 Å². The molecule has 0 spiro atoms. The number of nitrogens with zero attached hydrogens (tertiary/aromatic N) is 2. The summed E-state index contributed by atoms with van der Waals surface area (Å²) in [6.07, 6.45) is 2.56. The highest BCUT2D eigenvalue weighted by atomic mass is 127. The minimum absolute atomic E-state index is 0. The number of rotatable bonds is 9. The summed E-state index contributed by atoms with van der Waals surface area (Å²) in [6, 6.07) is 5.65. The van der Waals surface area contributed by atoms with Crippen LogP contribution in [0.2, 0.25) is 0 Å². The van der Waals surface area contributed by atoms with E-state index in [0.717, 1.165) is 12.5 Å². The molecule has 0 aliphatic heterocycles. The van der Waals surface area contributed by atoms with Crippen LogP contribution in [0.1, 0.15) is 19.8 Å². The molecule has 8 heteroatoms. The normalized spacial score (nSPS) is 13.7. The van der Waals surface area contributed by atoms with E-state index in [0.29, 0.717) is 31.3 Å². The first kappa shape index (κ1) is 22.6. The third-order valence-corrected chi connectivity index (χ3v) is 3.82. The highest BCUT2D eigenvalue weighted by Gasteiger charge is 2.21. The Morgan fingerprint density at radius 3 is 2.65 bits per heavy atom. The van der Waals surface area contributed by atoms with Gasteiger partial charge in [0, 0.05) is 32.4 Å². The SMILES string of the molecule is CCNC(=NCC(=O)Nc1ccc(F)cc1)N(C)CCOCC1CC1.I. The van der Waals surface area contributed by atoms with E-state index in [1.807, 2.05) is 18.9 Å². The number of likely N-dealkylation sites (N-methyl/N-ethyl adjacent to an activating group) is 1. The topological polar surface area (TPSA) is 66.0 Å². The Hall–Kier alpha value is -1.42. The molecule has 26 heavy (non-hydrogen) atoms. The fourth-order valence-corrected chi connectivity index (χ4v) is 2.19. The molecule has 0 atom stereocenters. The van der Waals surface area contributed by atoms with Gasteiger partial charge in [-0.05, 0) is 49.9 Å². The fourth-order valence-electron chi connectivity index (χ4n) is 2.19. The number of halogens is 2. The van der Waals surface area contributed by atoms with Crippen LogP contribution in [-0.4, -0.2) is 56.7 Å². The average molecular weight is 478 g/mol. The van der Waals surface area contributed by atoms with Crippen molar-refractivity contribution < 1.29 is 13.9 Å². The number of hydrogen-bond donors (Lipinski definition) is 2. The highest BCUT2D eigenvalue weighted by Crippen LogP contribution is 2.28. The number of carbonyl (C=O) groups excluding carboxylic acids is 1. The average Bonchev–Trinajstić information content (AvgIpc) is 3.41. The molecule has 2 rings (SSSR count). The lowest BCUT2D eigenvalue weighted by Crippen LogP contribution is -2.41. The van der Waals surface area contributed by atoms with Gasteiger partial charge in [0.1, 0.15) is 12.4 Å². The monoisotopic (exact) mass is 478 g/mol. The van der Waals surface area contributed by atoms with Crippen molar-refractivity contribution in [3.63, 3.8) is 0 Å². The van der Waals surface area contributed by atoms with Gasteiger partial charge in [-0.3, -0.25) is 4.79 Å². The molecule has 1 saturated carbocycles. The first-order valence-electron chi connectivity index (χ1n) is 8.71. The molecule has 0 bridgehead atoms. The zero-order chi connectivity index (χ0) is 18.1. The van der Waals surface area contributed by atoms with E-state index in [-0.39, 0.29) is 42.2 Å². The highest BCUT2D eigenvalue weighted by molar-refractivity contribution is 14.0. The summed E-state index contributed by atoms with van der Waals surface area (Å²) >= 11 is 0. The maximum absolute atomic E-state index is 12.9. The van der Waals surface area contributed by atoms with E-state index in [1.165, 1.54) is 37.1 Å². The van der Waals surface area contributed by atoms with Gasteiger partial charge in [0.25, 0.3) is 0 Å². The summed E-state index contributed by atoms with van der Waals surface area (Å²) in [5.74, 6) is 0.825. The van der Waals surface area contributed by atoms with Crippen LogP contribution < -0.4 is 10.6 Å². The molecule has 0 aromatic heterocycles. The standard InChI is InChI=1S/C18H27FN4O2.HI/c1-3-20-18(23(2)10-11-25-13-14-4-5-14)21-12-17(24)22-16-8-6-15(19)7-9-16;/h6-9,14H,3-5,10-13H2,1-2H3,(H,20,21)(H,22,24);1H. The predicted molar refractivity (Wildman–Crippen MR) is 113 cm³/mol. The number of aliphatic imine (C=N–C) groups is 1. The molecule has 1 aliphatic rings. The second kappa shape index (κ2) is 12.1. The van der Waals surface area contributed by atoms with Gasteiger partial charge in [0.05, 0.1) is 6.61 Å². The minimum atomic E-state index is -0.337. The van der Waals surface area contributed by atoms with Crippen LogP contribution in [-0.2, 0) is 9.53 Å². The first-order valence-corrected chi connectivity index (χ1v) is 8.71. The number of carbonyl (C=O) groups is 1. The van der Waals surface area contributed by atoms with Gasteiger partial charge in [-0.2, -0.15) is 0 Å². The van der Waals surface area contributed by atoms with Gasteiger partial charge >= 0.3 is 0 Å². The number of ether oxygens (including phenoxy) is 1. The maximum atomic E-state index is 12.9. The summed E-state index contributed by atoms with van der Waals surface area (Å²) in [4.78, 5) is 18.3. The van der Waals surface area contributed by atoms with Crippen molar-refractivity contribution in [1.29, 1.82) is 0 Å². The molecule has 6 nitrogen and oxygen atoms in total. The molecular formula is C18H28FIN4O2. The zero-order valence-electron chi connectivity index (χ0n) is 15.3. The van der Waals surface area contributed by atoms with E-state index < -0.39 is 0 Å². The summed E-state index contributed by atoms with van der Waals surface area (Å²) in [6.45, 7) is 4.86. The molecule has 0 heterocycles. The van der Waals surface area contributed by atoms with Crippen molar-refractivity contribution in [2.24, 2.45) is 10.9 Å². The van der Waals surface area contributed by atoms with Crippen LogP contribution in [0.15, 0.2) is 29.3 Å². The lowest BCUT2D eigenvalue weighted by Gasteiger charge is -2.21. The Balaban J connectivity index is 0.00000338. The Labute approximate surface area is 171 Å². The summed E-state index contributed by atoms with van der Waals surface area (Å²) in [5, 5.41) is 5.86. The van der Waals surface area contributed by atoms with Crippen molar-refractivity contribution in [3.05, 3.63) is 30.1 Å². The second-order valence-corrected chi connectivity index (χ2v) is 6.17. The van der Waals surface area contributed by atoms with Crippen molar-refractivity contribution in [2.75, 3.05) is 45.2 Å². The third-order valence-electron chi connectivity index (χ3n) is 3.82.